The Morgan fingerprint density at radius 3 is 2.57 bits per heavy atom. The van der Waals surface area contributed by atoms with Crippen LogP contribution in [0.5, 0.6) is 0 Å². The van der Waals surface area contributed by atoms with Crippen LogP contribution in [-0.4, -0.2) is 15.9 Å². The molecule has 0 radical (unpaired) electrons. The second-order valence-electron chi connectivity index (χ2n) is 4.44. The average Bonchev–Trinajstić information content (AvgIpc) is 3.03. The van der Waals surface area contributed by atoms with Crippen LogP contribution in [0.2, 0.25) is 0 Å². The molecule has 0 aliphatic rings. The van der Waals surface area contributed by atoms with Gasteiger partial charge >= 0.3 is 6.01 Å². The lowest BCUT2D eigenvalue weighted by molar-refractivity contribution is 0.102. The van der Waals surface area contributed by atoms with Gasteiger partial charge in [-0.2, -0.15) is 0 Å². The second-order valence-corrected chi connectivity index (χ2v) is 4.44. The maximum atomic E-state index is 14.5. The average molecular weight is 319 g/mol. The number of nitrogens with zero attached hydrogens (tertiary/aromatic N) is 2. The van der Waals surface area contributed by atoms with Gasteiger partial charge in [-0.3, -0.25) is 15.1 Å². The van der Waals surface area contributed by atoms with Crippen molar-refractivity contribution in [2.75, 3.05) is 5.32 Å². The number of hydrogen-bond donors (Lipinski definition) is 1. The van der Waals surface area contributed by atoms with Crippen molar-refractivity contribution in [1.82, 2.24) is 9.97 Å². The molecule has 8 heteroatoms. The van der Waals surface area contributed by atoms with Crippen molar-refractivity contribution < 1.29 is 22.4 Å². The number of aromatic nitrogens is 2. The molecule has 116 valence electrons. The number of amides is 1. The molecular formula is C15H8F3N3O2. The fraction of sp³-hybridized carbons (Fsp3) is 0. The summed E-state index contributed by atoms with van der Waals surface area (Å²) in [5, 5.41) is 2.26. The van der Waals surface area contributed by atoms with Gasteiger partial charge in [0.15, 0.2) is 17.5 Å². The summed E-state index contributed by atoms with van der Waals surface area (Å²) in [6.45, 7) is 0. The lowest BCUT2D eigenvalue weighted by Crippen LogP contribution is -2.15. The smallest absolute Gasteiger partial charge is 0.301 e. The van der Waals surface area contributed by atoms with Crippen molar-refractivity contribution in [2.45, 2.75) is 0 Å². The monoisotopic (exact) mass is 319 g/mol. The Morgan fingerprint density at radius 1 is 1.04 bits per heavy atom. The minimum Gasteiger partial charge on any atom is -0.432 e. The van der Waals surface area contributed by atoms with E-state index in [1.807, 2.05) is 0 Å². The van der Waals surface area contributed by atoms with Crippen LogP contribution < -0.4 is 5.32 Å². The highest BCUT2D eigenvalue weighted by Gasteiger charge is 2.19. The fourth-order valence-electron chi connectivity index (χ4n) is 1.91. The summed E-state index contributed by atoms with van der Waals surface area (Å²) in [7, 11) is 0. The molecule has 0 bridgehead atoms. The van der Waals surface area contributed by atoms with Crippen molar-refractivity contribution >= 4 is 11.9 Å². The number of hydrogen-bond acceptors (Lipinski definition) is 4. The van der Waals surface area contributed by atoms with Gasteiger partial charge in [0.2, 0.25) is 0 Å². The molecule has 0 saturated heterocycles. The first-order chi connectivity index (χ1) is 11.1. The molecule has 5 nitrogen and oxygen atoms in total. The minimum atomic E-state index is -1.14. The minimum absolute atomic E-state index is 0.00664. The molecule has 0 unspecified atom stereocenters. The number of nitrogens with one attached hydrogen (secondary N) is 1. The Kier molecular flexibility index (Phi) is 3.80. The van der Waals surface area contributed by atoms with Crippen LogP contribution in [0, 0.1) is 17.5 Å². The van der Waals surface area contributed by atoms with Crippen LogP contribution in [0.25, 0.3) is 11.3 Å². The Morgan fingerprint density at radius 2 is 1.87 bits per heavy atom. The van der Waals surface area contributed by atoms with Gasteiger partial charge in [0.1, 0.15) is 12.0 Å². The van der Waals surface area contributed by atoms with Gasteiger partial charge in [0.05, 0.1) is 11.8 Å². The summed E-state index contributed by atoms with van der Waals surface area (Å²) >= 11 is 0. The van der Waals surface area contributed by atoms with Crippen LogP contribution in [0.1, 0.15) is 10.4 Å². The number of oxazole rings is 1. The maximum Gasteiger partial charge on any atom is 0.301 e. The molecular weight excluding hydrogens is 311 g/mol. The van der Waals surface area contributed by atoms with E-state index in [1.165, 1.54) is 24.7 Å². The SMILES string of the molecule is O=C(Nc1ncco1)c1ccnc(-c2ccc(F)c(F)c2)c1F. The Hall–Kier alpha value is -3.16. The molecule has 0 aliphatic carbocycles. The normalized spacial score (nSPS) is 10.6. The van der Waals surface area contributed by atoms with Crippen LogP contribution >= 0.6 is 0 Å². The second kappa shape index (κ2) is 5.91. The van der Waals surface area contributed by atoms with Crippen LogP contribution in [0.4, 0.5) is 19.2 Å². The zero-order chi connectivity index (χ0) is 16.4. The third-order valence-corrected chi connectivity index (χ3v) is 2.98. The van der Waals surface area contributed by atoms with E-state index < -0.39 is 23.4 Å². The molecule has 1 N–H and O–H groups in total. The van der Waals surface area contributed by atoms with Crippen molar-refractivity contribution in [1.29, 1.82) is 0 Å². The van der Waals surface area contributed by atoms with Gasteiger partial charge in [-0.1, -0.05) is 0 Å². The lowest BCUT2D eigenvalue weighted by atomic mass is 10.1. The van der Waals surface area contributed by atoms with E-state index in [-0.39, 0.29) is 22.8 Å². The first-order valence-corrected chi connectivity index (χ1v) is 6.37. The van der Waals surface area contributed by atoms with E-state index >= 15 is 0 Å². The van der Waals surface area contributed by atoms with Gasteiger partial charge in [-0.15, -0.1) is 0 Å². The van der Waals surface area contributed by atoms with E-state index in [4.69, 9.17) is 4.42 Å². The summed E-state index contributed by atoms with van der Waals surface area (Å²) < 4.78 is 45.6. The van der Waals surface area contributed by atoms with Gasteiger partial charge in [-0.25, -0.2) is 18.2 Å². The van der Waals surface area contributed by atoms with Gasteiger partial charge < -0.3 is 4.42 Å². The van der Waals surface area contributed by atoms with Gasteiger partial charge in [-0.05, 0) is 24.3 Å². The topological polar surface area (TPSA) is 68.0 Å². The Labute approximate surface area is 127 Å². The summed E-state index contributed by atoms with van der Waals surface area (Å²) in [4.78, 5) is 19.5. The molecule has 0 aliphatic heterocycles. The number of benzene rings is 1. The molecule has 3 rings (SSSR count). The Bertz CT molecular complexity index is 866. The van der Waals surface area contributed by atoms with E-state index in [0.29, 0.717) is 0 Å². The standard InChI is InChI=1S/C15H8F3N3O2/c16-10-2-1-8(7-11(10)17)13-12(18)9(3-4-19-13)14(22)21-15-20-5-6-23-15/h1-7H,(H,20,21,22). The number of anilines is 1. The third kappa shape index (κ3) is 2.91. The molecule has 0 atom stereocenters. The van der Waals surface area contributed by atoms with Crippen LogP contribution in [0.15, 0.2) is 47.3 Å². The van der Waals surface area contributed by atoms with E-state index in [9.17, 15) is 18.0 Å². The number of pyridine rings is 1. The zero-order valence-corrected chi connectivity index (χ0v) is 11.4. The lowest BCUT2D eigenvalue weighted by Gasteiger charge is -2.07. The van der Waals surface area contributed by atoms with Crippen molar-refractivity contribution in [3.8, 4) is 11.3 Å². The van der Waals surface area contributed by atoms with Gasteiger partial charge in [0.25, 0.3) is 5.91 Å². The molecule has 23 heavy (non-hydrogen) atoms. The molecule has 0 spiro atoms. The fourth-order valence-corrected chi connectivity index (χ4v) is 1.91. The third-order valence-electron chi connectivity index (χ3n) is 2.98. The molecule has 1 aromatic carbocycles. The molecule has 0 fully saturated rings. The summed E-state index contributed by atoms with van der Waals surface area (Å²) in [5.74, 6) is -3.98. The summed E-state index contributed by atoms with van der Waals surface area (Å²) in [5.41, 5.74) is -0.603. The first-order valence-electron chi connectivity index (χ1n) is 6.37. The molecule has 3 aromatic rings. The largest absolute Gasteiger partial charge is 0.432 e. The van der Waals surface area contributed by atoms with E-state index in [1.54, 1.807) is 0 Å². The number of halogens is 3. The predicted molar refractivity (Wildman–Crippen MR) is 74.0 cm³/mol. The summed E-state index contributed by atoms with van der Waals surface area (Å²) in [6, 6.07) is 3.87. The molecule has 0 saturated carbocycles. The van der Waals surface area contributed by atoms with Crippen molar-refractivity contribution in [2.24, 2.45) is 0 Å². The van der Waals surface area contributed by atoms with E-state index in [2.05, 4.69) is 15.3 Å². The van der Waals surface area contributed by atoms with Crippen LogP contribution in [-0.2, 0) is 0 Å². The zero-order valence-electron chi connectivity index (χ0n) is 11.4. The number of carbonyl (C=O) groups is 1. The number of carbonyl (C=O) groups excluding carboxylic acids is 1. The molecule has 2 aromatic heterocycles. The first kappa shape index (κ1) is 14.8. The highest BCUT2D eigenvalue weighted by Crippen LogP contribution is 2.24. The van der Waals surface area contributed by atoms with Crippen molar-refractivity contribution in [3.05, 3.63) is 65.9 Å². The van der Waals surface area contributed by atoms with E-state index in [0.717, 1.165) is 18.2 Å². The maximum absolute atomic E-state index is 14.5. The number of rotatable bonds is 3. The quantitative estimate of drug-likeness (QED) is 0.803. The predicted octanol–water partition coefficient (Wildman–Crippen LogP) is 3.41. The van der Waals surface area contributed by atoms with Gasteiger partial charge in [0, 0.05) is 11.8 Å². The van der Waals surface area contributed by atoms with Crippen LogP contribution in [0.3, 0.4) is 0 Å². The molecule has 1 amide bonds. The van der Waals surface area contributed by atoms with Crippen molar-refractivity contribution in [3.63, 3.8) is 0 Å². The summed E-state index contributed by atoms with van der Waals surface area (Å²) in [6.07, 6.45) is 3.74. The Balaban J connectivity index is 1.97. The highest BCUT2D eigenvalue weighted by molar-refractivity contribution is 6.03. The highest BCUT2D eigenvalue weighted by atomic mass is 19.2. The molecule has 2 heterocycles.